The first-order valence-electron chi connectivity index (χ1n) is 11.1. The van der Waals surface area contributed by atoms with Gasteiger partial charge in [-0.3, -0.25) is 9.80 Å². The van der Waals surface area contributed by atoms with Crippen LogP contribution in [0.25, 0.3) is 0 Å². The monoisotopic (exact) mass is 370 g/mol. The molecule has 0 bridgehead atoms. The van der Waals surface area contributed by atoms with Gasteiger partial charge in [0.2, 0.25) is 0 Å². The minimum absolute atomic E-state index is 0.277. The Bertz CT molecular complexity index is 604. The van der Waals surface area contributed by atoms with Crippen LogP contribution in [0, 0.1) is 5.92 Å². The van der Waals surface area contributed by atoms with Crippen molar-refractivity contribution >= 4 is 0 Å². The Hall–Kier alpha value is -0.940. The fourth-order valence-electron chi connectivity index (χ4n) is 5.42. The number of hydrogen-bond donors (Lipinski definition) is 0. The second kappa shape index (κ2) is 7.82. The Labute approximate surface area is 163 Å². The molecular weight excluding hydrogens is 336 g/mol. The quantitative estimate of drug-likeness (QED) is 0.767. The molecule has 1 unspecified atom stereocenters. The Morgan fingerprint density at radius 2 is 1.74 bits per heavy atom. The van der Waals surface area contributed by atoms with Crippen molar-refractivity contribution < 1.29 is 9.47 Å². The smallest absolute Gasteiger partial charge is 0.0887 e. The first kappa shape index (κ1) is 18.1. The first-order chi connectivity index (χ1) is 13.3. The lowest BCUT2D eigenvalue weighted by Gasteiger charge is -2.63. The summed E-state index contributed by atoms with van der Waals surface area (Å²) in [6.45, 7) is 7.50. The van der Waals surface area contributed by atoms with Crippen LogP contribution in [0.1, 0.15) is 44.1 Å². The highest BCUT2D eigenvalue weighted by atomic mass is 16.5. The van der Waals surface area contributed by atoms with Gasteiger partial charge in [0.15, 0.2) is 0 Å². The zero-order valence-electron chi connectivity index (χ0n) is 16.5. The van der Waals surface area contributed by atoms with Gasteiger partial charge in [-0.15, -0.1) is 0 Å². The predicted octanol–water partition coefficient (Wildman–Crippen LogP) is 3.31. The summed E-state index contributed by atoms with van der Waals surface area (Å²) in [5.74, 6) is 0.858. The van der Waals surface area contributed by atoms with Crippen molar-refractivity contribution in [1.29, 1.82) is 0 Å². The molecule has 4 aliphatic rings. The maximum absolute atomic E-state index is 6.41. The number of piperidine rings is 1. The fraction of sp³-hybridized carbons (Fsp3) is 0.739. The number of rotatable bonds is 6. The van der Waals surface area contributed by atoms with Crippen LogP contribution in [0.3, 0.4) is 0 Å². The molecule has 0 N–H and O–H groups in total. The van der Waals surface area contributed by atoms with E-state index >= 15 is 0 Å². The molecule has 1 aromatic rings. The lowest BCUT2D eigenvalue weighted by Crippen LogP contribution is -2.76. The highest BCUT2D eigenvalue weighted by Gasteiger charge is 2.57. The number of hydrogen-bond acceptors (Lipinski definition) is 4. The number of ether oxygens (including phenoxy) is 2. The summed E-state index contributed by atoms with van der Waals surface area (Å²) in [6.07, 6.45) is 8.12. The average Bonchev–Trinajstić information content (AvgIpc) is 3.54. The maximum Gasteiger partial charge on any atom is 0.0887 e. The summed E-state index contributed by atoms with van der Waals surface area (Å²) in [5.41, 5.74) is 1.72. The van der Waals surface area contributed by atoms with Gasteiger partial charge in [0.05, 0.1) is 11.6 Å². The van der Waals surface area contributed by atoms with E-state index in [-0.39, 0.29) is 5.54 Å². The molecule has 0 amide bonds. The third-order valence-corrected chi connectivity index (χ3v) is 7.37. The molecule has 1 aliphatic carbocycles. The standard InChI is InChI=1S/C23H34N2O2/c1-2-4-19(5-3-1)16-24-12-8-21(9-13-24)25-17-22(27-18-20-6-7-20)23(25)10-14-26-15-11-23/h1-5,20-22H,6-18H2. The zero-order chi connectivity index (χ0) is 18.1. The molecule has 4 fully saturated rings. The third-order valence-electron chi connectivity index (χ3n) is 7.37. The molecule has 3 aliphatic heterocycles. The number of likely N-dealkylation sites (tertiary alicyclic amines) is 2. The van der Waals surface area contributed by atoms with Gasteiger partial charge in [-0.2, -0.15) is 0 Å². The minimum atomic E-state index is 0.277. The summed E-state index contributed by atoms with van der Waals surface area (Å²) >= 11 is 0. The lowest BCUT2D eigenvalue weighted by molar-refractivity contribution is -0.218. The molecular formula is C23H34N2O2. The van der Waals surface area contributed by atoms with Crippen molar-refractivity contribution in [2.45, 2.75) is 62.8 Å². The summed E-state index contributed by atoms with van der Waals surface area (Å²) in [4.78, 5) is 5.45. The summed E-state index contributed by atoms with van der Waals surface area (Å²) in [5, 5.41) is 0. The van der Waals surface area contributed by atoms with E-state index < -0.39 is 0 Å². The molecule has 1 aromatic carbocycles. The molecule has 3 saturated heterocycles. The topological polar surface area (TPSA) is 24.9 Å². The summed E-state index contributed by atoms with van der Waals surface area (Å²) < 4.78 is 12.1. The normalized spacial score (nSPS) is 29.7. The molecule has 1 atom stereocenters. The van der Waals surface area contributed by atoms with Crippen LogP contribution in [-0.4, -0.2) is 66.9 Å². The molecule has 148 valence electrons. The first-order valence-corrected chi connectivity index (χ1v) is 11.1. The van der Waals surface area contributed by atoms with E-state index in [0.717, 1.165) is 57.7 Å². The van der Waals surface area contributed by atoms with Crippen molar-refractivity contribution in [1.82, 2.24) is 9.80 Å². The maximum atomic E-state index is 6.41. The SMILES string of the molecule is c1ccc(CN2CCC(N3CC(OCC4CC4)C34CCOCC4)CC2)cc1. The molecule has 4 nitrogen and oxygen atoms in total. The van der Waals surface area contributed by atoms with E-state index in [0.29, 0.717) is 6.10 Å². The van der Waals surface area contributed by atoms with Crippen molar-refractivity contribution in [2.75, 3.05) is 39.5 Å². The number of nitrogens with zero attached hydrogens (tertiary/aromatic N) is 2. The Balaban J connectivity index is 1.17. The average molecular weight is 371 g/mol. The second-order valence-corrected chi connectivity index (χ2v) is 9.13. The van der Waals surface area contributed by atoms with Crippen LogP contribution >= 0.6 is 0 Å². The summed E-state index contributed by atoms with van der Waals surface area (Å²) in [6, 6.07) is 11.6. The second-order valence-electron chi connectivity index (χ2n) is 9.13. The Kier molecular flexibility index (Phi) is 5.25. The van der Waals surface area contributed by atoms with Crippen LogP contribution < -0.4 is 0 Å². The van der Waals surface area contributed by atoms with Crippen molar-refractivity contribution in [3.8, 4) is 0 Å². The van der Waals surface area contributed by atoms with Gasteiger partial charge < -0.3 is 9.47 Å². The Morgan fingerprint density at radius 1 is 1.00 bits per heavy atom. The largest absolute Gasteiger partial charge is 0.381 e. The molecule has 1 saturated carbocycles. The van der Waals surface area contributed by atoms with E-state index in [1.54, 1.807) is 0 Å². The van der Waals surface area contributed by atoms with Crippen LogP contribution in [0.2, 0.25) is 0 Å². The van der Waals surface area contributed by atoms with Crippen molar-refractivity contribution in [3.63, 3.8) is 0 Å². The highest BCUT2D eigenvalue weighted by molar-refractivity contribution is 5.15. The van der Waals surface area contributed by atoms with Crippen LogP contribution in [0.5, 0.6) is 0 Å². The highest BCUT2D eigenvalue weighted by Crippen LogP contribution is 2.45. The molecule has 4 heteroatoms. The van der Waals surface area contributed by atoms with Crippen molar-refractivity contribution in [2.24, 2.45) is 5.92 Å². The van der Waals surface area contributed by atoms with E-state index in [4.69, 9.17) is 9.47 Å². The lowest BCUT2D eigenvalue weighted by atomic mass is 9.73. The van der Waals surface area contributed by atoms with Gasteiger partial charge in [0, 0.05) is 39.0 Å². The van der Waals surface area contributed by atoms with Gasteiger partial charge in [-0.1, -0.05) is 30.3 Å². The van der Waals surface area contributed by atoms with Gasteiger partial charge >= 0.3 is 0 Å². The van der Waals surface area contributed by atoms with E-state index in [1.807, 2.05) is 0 Å². The van der Waals surface area contributed by atoms with Crippen LogP contribution in [0.15, 0.2) is 30.3 Å². The molecule has 3 heterocycles. The number of benzene rings is 1. The Morgan fingerprint density at radius 3 is 2.44 bits per heavy atom. The van der Waals surface area contributed by atoms with Crippen molar-refractivity contribution in [3.05, 3.63) is 35.9 Å². The predicted molar refractivity (Wildman–Crippen MR) is 107 cm³/mol. The fourth-order valence-corrected chi connectivity index (χ4v) is 5.42. The van der Waals surface area contributed by atoms with Gasteiger partial charge in [-0.05, 0) is 63.1 Å². The molecule has 0 aromatic heterocycles. The van der Waals surface area contributed by atoms with Gasteiger partial charge in [-0.25, -0.2) is 0 Å². The van der Waals surface area contributed by atoms with Gasteiger partial charge in [0.1, 0.15) is 0 Å². The molecule has 27 heavy (non-hydrogen) atoms. The van der Waals surface area contributed by atoms with Gasteiger partial charge in [0.25, 0.3) is 0 Å². The molecule has 5 rings (SSSR count). The van der Waals surface area contributed by atoms with E-state index in [1.165, 1.54) is 44.3 Å². The zero-order valence-corrected chi connectivity index (χ0v) is 16.5. The van der Waals surface area contributed by atoms with E-state index in [2.05, 4.69) is 40.1 Å². The van der Waals surface area contributed by atoms with Crippen LogP contribution in [-0.2, 0) is 16.0 Å². The summed E-state index contributed by atoms with van der Waals surface area (Å²) in [7, 11) is 0. The van der Waals surface area contributed by atoms with E-state index in [9.17, 15) is 0 Å². The van der Waals surface area contributed by atoms with Crippen LogP contribution in [0.4, 0.5) is 0 Å². The minimum Gasteiger partial charge on any atom is -0.381 e. The third kappa shape index (κ3) is 3.82. The molecule has 1 spiro atoms. The molecule has 0 radical (unpaired) electrons.